The maximum absolute atomic E-state index is 10.9. The summed E-state index contributed by atoms with van der Waals surface area (Å²) < 4.78 is 0. The first kappa shape index (κ1) is 12.7. The first-order valence-electron chi connectivity index (χ1n) is 7.27. The number of benzene rings is 1. The quantitative estimate of drug-likeness (QED) is 0.903. The second-order valence-electron chi connectivity index (χ2n) is 6.00. The van der Waals surface area contributed by atoms with Crippen LogP contribution < -0.4 is 0 Å². The van der Waals surface area contributed by atoms with Crippen molar-refractivity contribution < 1.29 is 9.90 Å². The fourth-order valence-electron chi connectivity index (χ4n) is 3.53. The predicted octanol–water partition coefficient (Wildman–Crippen LogP) is 3.01. The van der Waals surface area contributed by atoms with Crippen LogP contribution in [-0.4, -0.2) is 29.1 Å². The Hall–Kier alpha value is -1.35. The van der Waals surface area contributed by atoms with Crippen LogP contribution in [-0.2, 0) is 6.54 Å². The van der Waals surface area contributed by atoms with E-state index in [9.17, 15) is 4.79 Å². The number of hydrogen-bond acceptors (Lipinski definition) is 2. The van der Waals surface area contributed by atoms with E-state index in [0.29, 0.717) is 5.56 Å². The van der Waals surface area contributed by atoms with Crippen LogP contribution in [0.25, 0.3) is 0 Å². The maximum Gasteiger partial charge on any atom is 0.335 e. The second-order valence-corrected chi connectivity index (χ2v) is 6.00. The molecule has 102 valence electrons. The molecule has 19 heavy (non-hydrogen) atoms. The summed E-state index contributed by atoms with van der Waals surface area (Å²) in [7, 11) is 0. The van der Waals surface area contributed by atoms with Gasteiger partial charge >= 0.3 is 5.97 Å². The number of rotatable bonds is 4. The van der Waals surface area contributed by atoms with Gasteiger partial charge in [-0.15, -0.1) is 0 Å². The maximum atomic E-state index is 10.9. The molecule has 0 amide bonds. The van der Waals surface area contributed by atoms with Crippen molar-refractivity contribution in [3.63, 3.8) is 0 Å². The lowest BCUT2D eigenvalue weighted by Gasteiger charge is -2.42. The number of aromatic carboxylic acids is 1. The lowest BCUT2D eigenvalue weighted by Crippen LogP contribution is -2.48. The number of likely N-dealkylation sites (tertiary alicyclic amines) is 1. The zero-order valence-corrected chi connectivity index (χ0v) is 11.2. The third-order valence-corrected chi connectivity index (χ3v) is 4.63. The fourth-order valence-corrected chi connectivity index (χ4v) is 3.53. The fraction of sp³-hybridized carbons (Fsp3) is 0.562. The van der Waals surface area contributed by atoms with Crippen molar-refractivity contribution in [2.75, 3.05) is 13.1 Å². The molecule has 1 N–H and O–H groups in total. The average molecular weight is 259 g/mol. The van der Waals surface area contributed by atoms with Gasteiger partial charge in [0, 0.05) is 19.6 Å². The first-order chi connectivity index (χ1) is 9.22. The van der Waals surface area contributed by atoms with Crippen LogP contribution >= 0.6 is 0 Å². The molecule has 1 aromatic rings. The molecule has 0 spiro atoms. The zero-order chi connectivity index (χ0) is 13.2. The molecule has 3 heteroatoms. The number of nitrogens with zero attached hydrogens (tertiary/aromatic N) is 1. The van der Waals surface area contributed by atoms with E-state index in [0.717, 1.165) is 23.9 Å². The minimum Gasteiger partial charge on any atom is -0.478 e. The number of carboxylic acid groups (broad SMARTS) is 1. The summed E-state index contributed by atoms with van der Waals surface area (Å²) in [6.07, 6.45) is 5.68. The van der Waals surface area contributed by atoms with Gasteiger partial charge in [-0.05, 0) is 29.5 Å². The minimum absolute atomic E-state index is 0.394. The van der Waals surface area contributed by atoms with Gasteiger partial charge in [0.1, 0.15) is 0 Å². The standard InChI is InChI=1S/C16H21NO2/c18-16(19)14-7-3-4-12(8-14)9-17-10-15(11-17)13-5-1-2-6-13/h3-4,7-8,13,15H,1-2,5-6,9-11H2,(H,18,19). The molecule has 2 aliphatic rings. The van der Waals surface area contributed by atoms with E-state index in [1.807, 2.05) is 12.1 Å². The minimum atomic E-state index is -0.839. The molecule has 2 fully saturated rings. The van der Waals surface area contributed by atoms with Gasteiger partial charge in [-0.25, -0.2) is 4.79 Å². The van der Waals surface area contributed by atoms with Crippen LogP contribution in [0, 0.1) is 11.8 Å². The summed E-state index contributed by atoms with van der Waals surface area (Å²) in [6, 6.07) is 7.32. The molecule has 1 saturated heterocycles. The van der Waals surface area contributed by atoms with Crippen molar-refractivity contribution >= 4 is 5.97 Å². The molecule has 0 unspecified atom stereocenters. The van der Waals surface area contributed by atoms with E-state index in [2.05, 4.69) is 4.90 Å². The summed E-state index contributed by atoms with van der Waals surface area (Å²) in [4.78, 5) is 13.4. The van der Waals surface area contributed by atoms with Gasteiger partial charge in [-0.3, -0.25) is 4.90 Å². The molecule has 1 aromatic carbocycles. The van der Waals surface area contributed by atoms with Crippen molar-refractivity contribution in [1.82, 2.24) is 4.90 Å². The van der Waals surface area contributed by atoms with E-state index < -0.39 is 5.97 Å². The Morgan fingerprint density at radius 2 is 1.95 bits per heavy atom. The predicted molar refractivity (Wildman–Crippen MR) is 74.1 cm³/mol. The van der Waals surface area contributed by atoms with E-state index in [-0.39, 0.29) is 0 Å². The van der Waals surface area contributed by atoms with Crippen molar-refractivity contribution in [3.05, 3.63) is 35.4 Å². The van der Waals surface area contributed by atoms with Gasteiger partial charge in [-0.1, -0.05) is 37.8 Å². The van der Waals surface area contributed by atoms with Gasteiger partial charge in [-0.2, -0.15) is 0 Å². The molecule has 1 aliphatic carbocycles. The molecule has 3 nitrogen and oxygen atoms in total. The van der Waals surface area contributed by atoms with Gasteiger partial charge in [0.25, 0.3) is 0 Å². The Kier molecular flexibility index (Phi) is 3.56. The van der Waals surface area contributed by atoms with Crippen molar-refractivity contribution in [2.45, 2.75) is 32.2 Å². The van der Waals surface area contributed by atoms with Crippen LogP contribution in [0.15, 0.2) is 24.3 Å². The lowest BCUT2D eigenvalue weighted by molar-refractivity contribution is 0.0521. The molecule has 1 aliphatic heterocycles. The Morgan fingerprint density at radius 1 is 1.21 bits per heavy atom. The normalized spacial score (nSPS) is 21.5. The number of carbonyl (C=O) groups is 1. The van der Waals surface area contributed by atoms with Crippen LogP contribution in [0.4, 0.5) is 0 Å². The van der Waals surface area contributed by atoms with Crippen molar-refractivity contribution in [2.24, 2.45) is 11.8 Å². The Labute approximate surface area is 114 Å². The highest BCUT2D eigenvalue weighted by atomic mass is 16.4. The van der Waals surface area contributed by atoms with Gasteiger partial charge < -0.3 is 5.11 Å². The van der Waals surface area contributed by atoms with E-state index >= 15 is 0 Å². The molecular weight excluding hydrogens is 238 g/mol. The first-order valence-corrected chi connectivity index (χ1v) is 7.27. The highest BCUT2D eigenvalue weighted by Crippen LogP contribution is 2.36. The highest BCUT2D eigenvalue weighted by molar-refractivity contribution is 5.87. The van der Waals surface area contributed by atoms with Crippen LogP contribution in [0.2, 0.25) is 0 Å². The zero-order valence-electron chi connectivity index (χ0n) is 11.2. The summed E-state index contributed by atoms with van der Waals surface area (Å²) >= 11 is 0. The molecule has 0 aromatic heterocycles. The molecule has 3 rings (SSSR count). The molecule has 0 atom stereocenters. The summed E-state index contributed by atoms with van der Waals surface area (Å²) in [6.45, 7) is 3.29. The van der Waals surface area contributed by atoms with Gasteiger partial charge in [0.15, 0.2) is 0 Å². The SMILES string of the molecule is O=C(O)c1cccc(CN2CC(C3CCCC3)C2)c1. The summed E-state index contributed by atoms with van der Waals surface area (Å²) in [5.41, 5.74) is 1.51. The van der Waals surface area contributed by atoms with Crippen LogP contribution in [0.1, 0.15) is 41.6 Å². The lowest BCUT2D eigenvalue weighted by atomic mass is 9.84. The second kappa shape index (κ2) is 5.33. The highest BCUT2D eigenvalue weighted by Gasteiger charge is 2.34. The number of carboxylic acids is 1. The van der Waals surface area contributed by atoms with Crippen molar-refractivity contribution in [3.8, 4) is 0 Å². The van der Waals surface area contributed by atoms with E-state index in [4.69, 9.17) is 5.11 Å². The average Bonchev–Trinajstić information content (AvgIpc) is 2.87. The largest absolute Gasteiger partial charge is 0.478 e. The molecule has 0 bridgehead atoms. The topological polar surface area (TPSA) is 40.5 Å². The summed E-state index contributed by atoms with van der Waals surface area (Å²) in [5.74, 6) is 1.01. The summed E-state index contributed by atoms with van der Waals surface area (Å²) in [5, 5.41) is 8.99. The van der Waals surface area contributed by atoms with Crippen LogP contribution in [0.3, 0.4) is 0 Å². The van der Waals surface area contributed by atoms with Gasteiger partial charge in [0.05, 0.1) is 5.56 Å². The van der Waals surface area contributed by atoms with Gasteiger partial charge in [0.2, 0.25) is 0 Å². The molecule has 1 heterocycles. The Balaban J connectivity index is 1.53. The number of hydrogen-bond donors (Lipinski definition) is 1. The van der Waals surface area contributed by atoms with E-state index in [1.165, 1.54) is 38.8 Å². The molecule has 0 radical (unpaired) electrons. The Morgan fingerprint density at radius 3 is 2.63 bits per heavy atom. The monoisotopic (exact) mass is 259 g/mol. The smallest absolute Gasteiger partial charge is 0.335 e. The third-order valence-electron chi connectivity index (χ3n) is 4.63. The molecular formula is C16H21NO2. The Bertz CT molecular complexity index is 460. The molecule has 1 saturated carbocycles. The third kappa shape index (κ3) is 2.81. The van der Waals surface area contributed by atoms with E-state index in [1.54, 1.807) is 12.1 Å². The van der Waals surface area contributed by atoms with Crippen LogP contribution in [0.5, 0.6) is 0 Å². The van der Waals surface area contributed by atoms with Crippen molar-refractivity contribution in [1.29, 1.82) is 0 Å².